The molecule has 6 nitrogen and oxygen atoms in total. The lowest BCUT2D eigenvalue weighted by Crippen LogP contribution is -2.15. The lowest BCUT2D eigenvalue weighted by Gasteiger charge is -2.04. The molecule has 0 unspecified atom stereocenters. The van der Waals surface area contributed by atoms with Gasteiger partial charge in [-0.3, -0.25) is 14.2 Å². The highest BCUT2D eigenvalue weighted by Crippen LogP contribution is 2.24. The number of hydrogen-bond donors (Lipinski definition) is 1. The maximum Gasteiger partial charge on any atom is 0.227 e. The van der Waals surface area contributed by atoms with Gasteiger partial charge in [-0.05, 0) is 47.2 Å². The minimum atomic E-state index is -0.181. The van der Waals surface area contributed by atoms with Crippen molar-refractivity contribution in [2.75, 3.05) is 5.32 Å². The zero-order valence-corrected chi connectivity index (χ0v) is 18.6. The van der Waals surface area contributed by atoms with Crippen molar-refractivity contribution in [1.29, 1.82) is 0 Å². The lowest BCUT2D eigenvalue weighted by atomic mass is 10.2. The predicted octanol–water partition coefficient (Wildman–Crippen LogP) is 5.03. The van der Waals surface area contributed by atoms with E-state index in [0.29, 0.717) is 34.0 Å². The molecule has 0 atom stereocenters. The predicted molar refractivity (Wildman–Crippen MR) is 116 cm³/mol. The van der Waals surface area contributed by atoms with E-state index in [1.165, 1.54) is 0 Å². The number of carbonyl (C=O) groups excluding carboxylic acids is 1. The number of halogens is 4. The lowest BCUT2D eigenvalue weighted by molar-refractivity contribution is -0.116. The van der Waals surface area contributed by atoms with Crippen molar-refractivity contribution in [1.82, 2.24) is 19.6 Å². The van der Waals surface area contributed by atoms with E-state index in [1.807, 2.05) is 19.2 Å². The first-order valence-corrected chi connectivity index (χ1v) is 10.2. The van der Waals surface area contributed by atoms with Crippen molar-refractivity contribution in [3.63, 3.8) is 0 Å². The van der Waals surface area contributed by atoms with E-state index in [9.17, 15) is 4.79 Å². The number of carbonyl (C=O) groups is 1. The third kappa shape index (κ3) is 5.37. The topological polar surface area (TPSA) is 64.7 Å². The van der Waals surface area contributed by atoms with Gasteiger partial charge in [-0.1, -0.05) is 40.9 Å². The molecule has 1 amide bonds. The number of hydrogen-bond acceptors (Lipinski definition) is 3. The molecule has 2 heterocycles. The van der Waals surface area contributed by atoms with E-state index in [2.05, 4.69) is 38.1 Å². The Kier molecular flexibility index (Phi) is 6.67. The smallest absolute Gasteiger partial charge is 0.227 e. The van der Waals surface area contributed by atoms with Gasteiger partial charge in [0.15, 0.2) is 5.82 Å². The molecule has 10 heteroatoms. The summed E-state index contributed by atoms with van der Waals surface area (Å²) in [5.41, 5.74) is 1.87. The highest BCUT2D eigenvalue weighted by molar-refractivity contribution is 14.1. The van der Waals surface area contributed by atoms with Gasteiger partial charge in [0.1, 0.15) is 5.02 Å². The first-order valence-electron chi connectivity index (χ1n) is 7.98. The molecule has 3 aromatic rings. The highest BCUT2D eigenvalue weighted by atomic mass is 127. The van der Waals surface area contributed by atoms with Crippen LogP contribution in [0, 0.1) is 10.5 Å². The van der Waals surface area contributed by atoms with E-state index in [-0.39, 0.29) is 12.3 Å². The molecule has 142 valence electrons. The van der Waals surface area contributed by atoms with Crippen LogP contribution in [-0.2, 0) is 17.9 Å². The van der Waals surface area contributed by atoms with Crippen LogP contribution in [0.3, 0.4) is 0 Å². The van der Waals surface area contributed by atoms with Crippen molar-refractivity contribution in [3.8, 4) is 0 Å². The minimum absolute atomic E-state index is 0.181. The summed E-state index contributed by atoms with van der Waals surface area (Å²) >= 11 is 20.4. The molecule has 0 bridgehead atoms. The Labute approximate surface area is 184 Å². The molecule has 2 aromatic heterocycles. The van der Waals surface area contributed by atoms with Crippen LogP contribution < -0.4 is 5.32 Å². The average molecular weight is 539 g/mol. The number of aryl methyl sites for hydroxylation is 2. The zero-order valence-electron chi connectivity index (χ0n) is 14.2. The van der Waals surface area contributed by atoms with Gasteiger partial charge in [0, 0.05) is 25.4 Å². The zero-order chi connectivity index (χ0) is 19.6. The molecule has 1 aromatic carbocycles. The van der Waals surface area contributed by atoms with Gasteiger partial charge in [0.05, 0.1) is 25.9 Å². The largest absolute Gasteiger partial charge is 0.308 e. The molecule has 0 aliphatic rings. The molecule has 0 fully saturated rings. The average Bonchev–Trinajstić information content (AvgIpc) is 3.11. The Balaban J connectivity index is 1.60. The first-order chi connectivity index (χ1) is 12.8. The van der Waals surface area contributed by atoms with Crippen molar-refractivity contribution in [2.24, 2.45) is 0 Å². The SMILES string of the molecule is Cc1nn(CCC(=O)Nc2nn(Cc3ccc(Cl)c(Cl)c3)cc2Cl)cc1I. The molecule has 3 rings (SSSR count). The molecule has 27 heavy (non-hydrogen) atoms. The summed E-state index contributed by atoms with van der Waals surface area (Å²) < 4.78 is 4.45. The Morgan fingerprint density at radius 3 is 2.56 bits per heavy atom. The van der Waals surface area contributed by atoms with Crippen LogP contribution in [-0.4, -0.2) is 25.5 Å². The summed E-state index contributed by atoms with van der Waals surface area (Å²) in [4.78, 5) is 12.2. The van der Waals surface area contributed by atoms with Crippen molar-refractivity contribution in [3.05, 3.63) is 60.5 Å². The summed E-state index contributed by atoms with van der Waals surface area (Å²) in [6.45, 7) is 2.87. The van der Waals surface area contributed by atoms with Gasteiger partial charge in [-0.15, -0.1) is 0 Å². The second-order valence-electron chi connectivity index (χ2n) is 5.90. The van der Waals surface area contributed by atoms with Crippen molar-refractivity contribution >= 4 is 69.1 Å². The summed E-state index contributed by atoms with van der Waals surface area (Å²) in [7, 11) is 0. The van der Waals surface area contributed by atoms with Gasteiger partial charge >= 0.3 is 0 Å². The minimum Gasteiger partial charge on any atom is -0.308 e. The molecule has 0 saturated heterocycles. The highest BCUT2D eigenvalue weighted by Gasteiger charge is 2.12. The van der Waals surface area contributed by atoms with E-state index in [1.54, 1.807) is 27.7 Å². The van der Waals surface area contributed by atoms with Crippen LogP contribution >= 0.6 is 57.4 Å². The van der Waals surface area contributed by atoms with Gasteiger partial charge in [0.25, 0.3) is 0 Å². The van der Waals surface area contributed by atoms with E-state index >= 15 is 0 Å². The number of benzene rings is 1. The Morgan fingerprint density at radius 2 is 1.89 bits per heavy atom. The number of rotatable bonds is 6. The third-order valence-electron chi connectivity index (χ3n) is 3.76. The quantitative estimate of drug-likeness (QED) is 0.448. The fourth-order valence-electron chi connectivity index (χ4n) is 2.41. The molecule has 0 saturated carbocycles. The Morgan fingerprint density at radius 1 is 1.11 bits per heavy atom. The fraction of sp³-hybridized carbons (Fsp3) is 0.235. The monoisotopic (exact) mass is 537 g/mol. The Bertz CT molecular complexity index is 966. The van der Waals surface area contributed by atoms with Crippen LogP contribution in [0.25, 0.3) is 0 Å². The van der Waals surface area contributed by atoms with Crippen molar-refractivity contribution < 1.29 is 4.79 Å². The summed E-state index contributed by atoms with van der Waals surface area (Å²) in [6.07, 6.45) is 3.83. The summed E-state index contributed by atoms with van der Waals surface area (Å²) in [6, 6.07) is 5.35. The Hall–Kier alpha value is -1.29. The fourth-order valence-corrected chi connectivity index (χ4v) is 3.35. The van der Waals surface area contributed by atoms with Gasteiger partial charge in [0.2, 0.25) is 5.91 Å². The number of aromatic nitrogens is 4. The van der Waals surface area contributed by atoms with Crippen LogP contribution in [0.4, 0.5) is 5.82 Å². The second-order valence-corrected chi connectivity index (χ2v) is 8.28. The first kappa shape index (κ1) is 20.4. The van der Waals surface area contributed by atoms with Crippen molar-refractivity contribution in [2.45, 2.75) is 26.4 Å². The molecule has 0 radical (unpaired) electrons. The second kappa shape index (κ2) is 8.81. The third-order valence-corrected chi connectivity index (χ3v) is 5.83. The van der Waals surface area contributed by atoms with Crippen LogP contribution in [0.2, 0.25) is 15.1 Å². The molecule has 1 N–H and O–H groups in total. The van der Waals surface area contributed by atoms with Gasteiger partial charge in [-0.25, -0.2) is 0 Å². The number of nitrogens with zero attached hydrogens (tertiary/aromatic N) is 4. The number of nitrogens with one attached hydrogen (secondary N) is 1. The molecule has 0 spiro atoms. The van der Waals surface area contributed by atoms with Crippen LogP contribution in [0.5, 0.6) is 0 Å². The van der Waals surface area contributed by atoms with Gasteiger partial charge in [-0.2, -0.15) is 10.2 Å². The standard InChI is InChI=1S/C17H15Cl3IN5O/c1-10-15(21)9-25(23-10)5-4-16(27)22-17-14(20)8-26(24-17)7-11-2-3-12(18)13(19)6-11/h2-3,6,8-9H,4-5,7H2,1H3,(H,22,24,27). The molecule has 0 aliphatic carbocycles. The van der Waals surface area contributed by atoms with Crippen LogP contribution in [0.15, 0.2) is 30.6 Å². The van der Waals surface area contributed by atoms with Gasteiger partial charge < -0.3 is 5.32 Å². The molecular formula is C17H15Cl3IN5O. The molecule has 0 aliphatic heterocycles. The maximum absolute atomic E-state index is 12.2. The van der Waals surface area contributed by atoms with E-state index in [0.717, 1.165) is 14.8 Å². The maximum atomic E-state index is 12.2. The molecular weight excluding hydrogens is 523 g/mol. The summed E-state index contributed by atoms with van der Waals surface area (Å²) in [5.74, 6) is 0.146. The number of anilines is 1. The summed E-state index contributed by atoms with van der Waals surface area (Å²) in [5, 5.41) is 12.7. The van der Waals surface area contributed by atoms with E-state index < -0.39 is 0 Å². The number of amides is 1. The normalized spacial score (nSPS) is 11.0. The van der Waals surface area contributed by atoms with Crippen LogP contribution in [0.1, 0.15) is 17.7 Å². The van der Waals surface area contributed by atoms with E-state index in [4.69, 9.17) is 34.8 Å².